The summed E-state index contributed by atoms with van der Waals surface area (Å²) in [6.45, 7) is 3.47. The van der Waals surface area contributed by atoms with Crippen molar-refractivity contribution in [2.24, 2.45) is 11.7 Å². The van der Waals surface area contributed by atoms with Crippen LogP contribution in [0.3, 0.4) is 0 Å². The molecule has 1 saturated carbocycles. The molecule has 1 heterocycles. The van der Waals surface area contributed by atoms with E-state index in [-0.39, 0.29) is 23.2 Å². The lowest BCUT2D eigenvalue weighted by Crippen LogP contribution is -2.58. The van der Waals surface area contributed by atoms with Crippen molar-refractivity contribution in [1.29, 1.82) is 0 Å². The van der Waals surface area contributed by atoms with Crippen molar-refractivity contribution >= 4 is 22.4 Å². The third kappa shape index (κ3) is 4.22. The van der Waals surface area contributed by atoms with E-state index < -0.39 is 15.6 Å². The predicted octanol–water partition coefficient (Wildman–Crippen LogP) is 2.46. The second-order valence-corrected chi connectivity index (χ2v) is 8.45. The summed E-state index contributed by atoms with van der Waals surface area (Å²) in [5.41, 5.74) is 5.41. The van der Waals surface area contributed by atoms with Gasteiger partial charge in [0.2, 0.25) is 10.0 Å². The topological polar surface area (TPSA) is 90.7 Å². The van der Waals surface area contributed by atoms with Crippen molar-refractivity contribution in [2.75, 3.05) is 19.8 Å². The zero-order valence-corrected chi connectivity index (χ0v) is 16.1. The number of rotatable bonds is 4. The molecule has 2 unspecified atom stereocenters. The maximum absolute atomic E-state index is 12.9. The SMILES string of the molecule is CC1CCCCC1(CN)NS(=O)(=O)c1ccc2c(c1)OCCCO2.Cl. The normalized spacial score (nSPS) is 26.4. The molecule has 1 aromatic carbocycles. The van der Waals surface area contributed by atoms with Crippen LogP contribution < -0.4 is 19.9 Å². The van der Waals surface area contributed by atoms with E-state index in [1.54, 1.807) is 18.2 Å². The van der Waals surface area contributed by atoms with E-state index in [1.165, 1.54) is 0 Å². The molecule has 1 aromatic rings. The van der Waals surface area contributed by atoms with Crippen molar-refractivity contribution in [2.45, 2.75) is 49.5 Å². The van der Waals surface area contributed by atoms with Crippen LogP contribution in [0.5, 0.6) is 11.5 Å². The standard InChI is InChI=1S/C17H26N2O4S.ClH/c1-13-5-2-3-8-17(13,12-18)19-24(20,21)14-6-7-15-16(11-14)23-10-4-9-22-15;/h6-7,11,13,19H,2-5,8-10,12,18H2,1H3;1H. The molecule has 6 nitrogen and oxygen atoms in total. The fourth-order valence-corrected chi connectivity index (χ4v) is 5.10. The van der Waals surface area contributed by atoms with Crippen molar-refractivity contribution < 1.29 is 17.9 Å². The zero-order chi connectivity index (χ0) is 17.2. The molecule has 25 heavy (non-hydrogen) atoms. The molecule has 2 aliphatic rings. The van der Waals surface area contributed by atoms with Crippen LogP contribution in [-0.4, -0.2) is 33.7 Å². The summed E-state index contributed by atoms with van der Waals surface area (Å²) >= 11 is 0. The number of sulfonamides is 1. The molecule has 0 amide bonds. The van der Waals surface area contributed by atoms with Gasteiger partial charge in [0, 0.05) is 24.6 Å². The first-order valence-electron chi connectivity index (χ1n) is 8.60. The molecule has 1 fully saturated rings. The van der Waals surface area contributed by atoms with Gasteiger partial charge >= 0.3 is 0 Å². The molecular formula is C17H27ClN2O4S. The number of nitrogens with two attached hydrogens (primary N) is 1. The Morgan fingerprint density at radius 1 is 1.20 bits per heavy atom. The highest BCUT2D eigenvalue weighted by atomic mass is 35.5. The van der Waals surface area contributed by atoms with Crippen LogP contribution in [-0.2, 0) is 10.0 Å². The van der Waals surface area contributed by atoms with Gasteiger partial charge in [0.05, 0.1) is 18.1 Å². The first-order valence-corrected chi connectivity index (χ1v) is 10.1. The smallest absolute Gasteiger partial charge is 0.241 e. The van der Waals surface area contributed by atoms with Crippen molar-refractivity contribution in [3.05, 3.63) is 18.2 Å². The lowest BCUT2D eigenvalue weighted by molar-refractivity contribution is 0.191. The van der Waals surface area contributed by atoms with E-state index in [9.17, 15) is 8.42 Å². The van der Waals surface area contributed by atoms with Crippen LogP contribution in [0.2, 0.25) is 0 Å². The summed E-state index contributed by atoms with van der Waals surface area (Å²) in [6.07, 6.45) is 4.65. The Kier molecular flexibility index (Phi) is 6.59. The first-order chi connectivity index (χ1) is 11.5. The summed E-state index contributed by atoms with van der Waals surface area (Å²) in [6, 6.07) is 4.77. The Balaban J connectivity index is 0.00000225. The summed E-state index contributed by atoms with van der Waals surface area (Å²) < 4.78 is 39.9. The van der Waals surface area contributed by atoms with Gasteiger partial charge in [-0.1, -0.05) is 19.8 Å². The highest BCUT2D eigenvalue weighted by Gasteiger charge is 2.40. The number of halogens is 1. The number of hydrogen-bond donors (Lipinski definition) is 2. The van der Waals surface area contributed by atoms with E-state index >= 15 is 0 Å². The van der Waals surface area contributed by atoms with E-state index in [0.717, 1.165) is 32.1 Å². The Bertz CT molecular complexity index is 698. The quantitative estimate of drug-likeness (QED) is 0.824. The Morgan fingerprint density at radius 2 is 1.92 bits per heavy atom. The Labute approximate surface area is 155 Å². The molecule has 0 radical (unpaired) electrons. The van der Waals surface area contributed by atoms with E-state index in [1.807, 2.05) is 0 Å². The summed E-state index contributed by atoms with van der Waals surface area (Å²) in [4.78, 5) is 0.192. The fourth-order valence-electron chi connectivity index (χ4n) is 3.55. The lowest BCUT2D eigenvalue weighted by Gasteiger charge is -2.42. The molecule has 3 N–H and O–H groups in total. The number of hydrogen-bond acceptors (Lipinski definition) is 5. The average Bonchev–Trinajstić information content (AvgIpc) is 2.81. The molecule has 142 valence electrons. The van der Waals surface area contributed by atoms with E-state index in [2.05, 4.69) is 11.6 Å². The fraction of sp³-hybridized carbons (Fsp3) is 0.647. The maximum atomic E-state index is 12.9. The molecule has 1 aliphatic carbocycles. The molecule has 0 saturated heterocycles. The van der Waals surface area contributed by atoms with E-state index in [4.69, 9.17) is 15.2 Å². The van der Waals surface area contributed by atoms with Crippen molar-refractivity contribution in [1.82, 2.24) is 4.72 Å². The number of benzene rings is 1. The Morgan fingerprint density at radius 3 is 2.60 bits per heavy atom. The monoisotopic (exact) mass is 390 g/mol. The van der Waals surface area contributed by atoms with Gasteiger partial charge in [-0.15, -0.1) is 12.4 Å². The molecule has 0 aromatic heterocycles. The van der Waals surface area contributed by atoms with Gasteiger partial charge in [-0.3, -0.25) is 0 Å². The van der Waals surface area contributed by atoms with Crippen LogP contribution in [0.15, 0.2) is 23.1 Å². The minimum absolute atomic E-state index is 0. The number of fused-ring (bicyclic) bond motifs is 1. The second-order valence-electron chi connectivity index (χ2n) is 6.77. The van der Waals surface area contributed by atoms with Gasteiger partial charge in [-0.05, 0) is 30.9 Å². The molecule has 0 bridgehead atoms. The first kappa shape index (κ1) is 20.3. The minimum atomic E-state index is -3.67. The molecule has 8 heteroatoms. The van der Waals surface area contributed by atoms with Crippen LogP contribution in [0.1, 0.15) is 39.0 Å². The molecular weight excluding hydrogens is 364 g/mol. The van der Waals surface area contributed by atoms with E-state index in [0.29, 0.717) is 31.3 Å². The van der Waals surface area contributed by atoms with Gasteiger partial charge in [0.1, 0.15) is 0 Å². The van der Waals surface area contributed by atoms with Crippen molar-refractivity contribution in [3.8, 4) is 11.5 Å². The Hall–Kier alpha value is -1.02. The predicted molar refractivity (Wildman–Crippen MR) is 99.0 cm³/mol. The van der Waals surface area contributed by atoms with Gasteiger partial charge in [0.25, 0.3) is 0 Å². The molecule has 1 aliphatic heterocycles. The van der Waals surface area contributed by atoms with Gasteiger partial charge < -0.3 is 15.2 Å². The maximum Gasteiger partial charge on any atom is 0.241 e. The lowest BCUT2D eigenvalue weighted by atomic mass is 9.74. The highest BCUT2D eigenvalue weighted by molar-refractivity contribution is 7.89. The number of nitrogens with one attached hydrogen (secondary N) is 1. The van der Waals surface area contributed by atoms with Crippen LogP contribution >= 0.6 is 12.4 Å². The summed E-state index contributed by atoms with van der Waals surface area (Å²) in [5, 5.41) is 0. The summed E-state index contributed by atoms with van der Waals surface area (Å²) in [7, 11) is -3.67. The highest BCUT2D eigenvalue weighted by Crippen LogP contribution is 2.36. The number of ether oxygens (including phenoxy) is 2. The van der Waals surface area contributed by atoms with Crippen LogP contribution in [0, 0.1) is 5.92 Å². The largest absolute Gasteiger partial charge is 0.490 e. The minimum Gasteiger partial charge on any atom is -0.490 e. The van der Waals surface area contributed by atoms with Crippen LogP contribution in [0.25, 0.3) is 0 Å². The molecule has 0 spiro atoms. The van der Waals surface area contributed by atoms with Crippen LogP contribution in [0.4, 0.5) is 0 Å². The molecule has 2 atom stereocenters. The van der Waals surface area contributed by atoms with Gasteiger partial charge in [-0.25, -0.2) is 13.1 Å². The van der Waals surface area contributed by atoms with Gasteiger partial charge in [0.15, 0.2) is 11.5 Å². The third-order valence-corrected chi connectivity index (χ3v) is 6.73. The third-order valence-electron chi connectivity index (χ3n) is 5.18. The molecule has 3 rings (SSSR count). The zero-order valence-electron chi connectivity index (χ0n) is 14.5. The van der Waals surface area contributed by atoms with Gasteiger partial charge in [-0.2, -0.15) is 0 Å². The summed E-state index contributed by atoms with van der Waals surface area (Å²) in [5.74, 6) is 1.28. The van der Waals surface area contributed by atoms with Crippen molar-refractivity contribution in [3.63, 3.8) is 0 Å². The second kappa shape index (κ2) is 8.12. The average molecular weight is 391 g/mol.